The van der Waals surface area contributed by atoms with E-state index in [9.17, 15) is 0 Å². The molecular formula is C12H25. The molecule has 0 aliphatic heterocycles. The molecule has 0 aliphatic rings. The van der Waals surface area contributed by atoms with Crippen molar-refractivity contribution in [3.05, 3.63) is 6.92 Å². The average Bonchev–Trinajstić information content (AvgIpc) is 1.83. The fourth-order valence-corrected chi connectivity index (χ4v) is 1.74. The second-order valence-corrected chi connectivity index (χ2v) is 5.19. The van der Waals surface area contributed by atoms with Gasteiger partial charge >= 0.3 is 0 Å². The third-order valence-electron chi connectivity index (χ3n) is 2.55. The molecule has 0 aromatic heterocycles. The van der Waals surface area contributed by atoms with Gasteiger partial charge in [0.15, 0.2) is 0 Å². The zero-order chi connectivity index (χ0) is 9.78. The van der Waals surface area contributed by atoms with Crippen LogP contribution in [0.15, 0.2) is 0 Å². The molecule has 0 saturated carbocycles. The minimum Gasteiger partial charge on any atom is -0.0654 e. The zero-order valence-electron chi connectivity index (χ0n) is 9.48. The molecule has 0 fully saturated rings. The molecule has 2 atom stereocenters. The molecule has 0 nitrogen and oxygen atoms in total. The normalized spacial score (nSPS) is 15.2. The first kappa shape index (κ1) is 12.0. The Morgan fingerprint density at radius 2 is 1.75 bits per heavy atom. The summed E-state index contributed by atoms with van der Waals surface area (Å²) in [5.41, 5.74) is 0.460. The standard InChI is InChI=1S/C12H25/c1-7-8-11(9-10(2)3)12(4,5)6/h10-11H,2,7-9H2,1,3-6H3. The maximum atomic E-state index is 4.07. The zero-order valence-corrected chi connectivity index (χ0v) is 9.48. The average molecular weight is 169 g/mol. The van der Waals surface area contributed by atoms with E-state index < -0.39 is 0 Å². The Morgan fingerprint density at radius 3 is 2.00 bits per heavy atom. The second-order valence-electron chi connectivity index (χ2n) is 5.19. The molecule has 2 unspecified atom stereocenters. The molecule has 0 bridgehead atoms. The lowest BCUT2D eigenvalue weighted by Crippen LogP contribution is -2.21. The molecule has 0 rings (SSSR count). The van der Waals surface area contributed by atoms with Gasteiger partial charge in [-0.25, -0.2) is 0 Å². The van der Waals surface area contributed by atoms with Gasteiger partial charge in [0.25, 0.3) is 0 Å². The fraction of sp³-hybridized carbons (Fsp3) is 0.917. The van der Waals surface area contributed by atoms with Crippen LogP contribution in [0.5, 0.6) is 0 Å². The van der Waals surface area contributed by atoms with E-state index in [0.29, 0.717) is 11.3 Å². The molecule has 0 amide bonds. The first-order valence-electron chi connectivity index (χ1n) is 5.21. The smallest absolute Gasteiger partial charge is 0.0354 e. The van der Waals surface area contributed by atoms with Gasteiger partial charge in [-0.15, -0.1) is 0 Å². The van der Waals surface area contributed by atoms with Crippen molar-refractivity contribution < 1.29 is 0 Å². The molecule has 0 aliphatic carbocycles. The molecule has 0 N–H and O–H groups in total. The SMILES string of the molecule is [CH2]C(C)CC(CCC)C(C)(C)C. The first-order chi connectivity index (χ1) is 5.38. The molecule has 0 saturated heterocycles. The van der Waals surface area contributed by atoms with Crippen molar-refractivity contribution in [2.75, 3.05) is 0 Å². The van der Waals surface area contributed by atoms with Crippen LogP contribution in [-0.2, 0) is 0 Å². The minimum atomic E-state index is 0.460. The summed E-state index contributed by atoms with van der Waals surface area (Å²) in [6.07, 6.45) is 3.93. The van der Waals surface area contributed by atoms with Gasteiger partial charge in [0, 0.05) is 0 Å². The van der Waals surface area contributed by atoms with Crippen LogP contribution in [0.1, 0.15) is 53.9 Å². The van der Waals surface area contributed by atoms with Gasteiger partial charge in [-0.1, -0.05) is 54.4 Å². The lowest BCUT2D eigenvalue weighted by molar-refractivity contribution is 0.195. The van der Waals surface area contributed by atoms with Crippen LogP contribution >= 0.6 is 0 Å². The van der Waals surface area contributed by atoms with Crippen LogP contribution in [-0.4, -0.2) is 0 Å². The highest BCUT2D eigenvalue weighted by atomic mass is 14.3. The van der Waals surface area contributed by atoms with Gasteiger partial charge in [0.2, 0.25) is 0 Å². The van der Waals surface area contributed by atoms with E-state index in [4.69, 9.17) is 0 Å². The summed E-state index contributed by atoms with van der Waals surface area (Å²) in [5.74, 6) is 1.44. The molecule has 73 valence electrons. The summed E-state index contributed by atoms with van der Waals surface area (Å²) in [6.45, 7) is 15.6. The number of hydrogen-bond donors (Lipinski definition) is 0. The largest absolute Gasteiger partial charge is 0.0654 e. The lowest BCUT2D eigenvalue weighted by Gasteiger charge is -2.32. The van der Waals surface area contributed by atoms with Crippen molar-refractivity contribution >= 4 is 0 Å². The van der Waals surface area contributed by atoms with E-state index in [1.54, 1.807) is 0 Å². The molecule has 0 aromatic rings. The van der Waals surface area contributed by atoms with E-state index in [-0.39, 0.29) is 0 Å². The van der Waals surface area contributed by atoms with Gasteiger partial charge in [-0.05, 0) is 23.7 Å². The second kappa shape index (κ2) is 4.89. The van der Waals surface area contributed by atoms with Crippen molar-refractivity contribution in [1.82, 2.24) is 0 Å². The van der Waals surface area contributed by atoms with Crippen LogP contribution in [0.25, 0.3) is 0 Å². The Morgan fingerprint density at radius 1 is 1.25 bits per heavy atom. The maximum absolute atomic E-state index is 4.07. The lowest BCUT2D eigenvalue weighted by atomic mass is 9.74. The van der Waals surface area contributed by atoms with Gasteiger partial charge in [-0.2, -0.15) is 0 Å². The molecule has 0 spiro atoms. The van der Waals surface area contributed by atoms with Gasteiger partial charge in [0.1, 0.15) is 0 Å². The monoisotopic (exact) mass is 169 g/mol. The minimum absolute atomic E-state index is 0.460. The summed E-state index contributed by atoms with van der Waals surface area (Å²) in [5, 5.41) is 0. The van der Waals surface area contributed by atoms with Gasteiger partial charge < -0.3 is 0 Å². The molecule has 1 radical (unpaired) electrons. The van der Waals surface area contributed by atoms with Crippen LogP contribution in [0.4, 0.5) is 0 Å². The Balaban J connectivity index is 4.04. The molecule has 0 heterocycles. The fourth-order valence-electron chi connectivity index (χ4n) is 1.74. The van der Waals surface area contributed by atoms with E-state index in [1.807, 2.05) is 0 Å². The third kappa shape index (κ3) is 4.79. The highest BCUT2D eigenvalue weighted by molar-refractivity contribution is 4.76. The summed E-state index contributed by atoms with van der Waals surface area (Å²) in [7, 11) is 0. The summed E-state index contributed by atoms with van der Waals surface area (Å²) < 4.78 is 0. The van der Waals surface area contributed by atoms with E-state index in [0.717, 1.165) is 5.92 Å². The van der Waals surface area contributed by atoms with Gasteiger partial charge in [0.05, 0.1) is 0 Å². The van der Waals surface area contributed by atoms with Crippen molar-refractivity contribution in [3.8, 4) is 0 Å². The van der Waals surface area contributed by atoms with Crippen LogP contribution in [0.3, 0.4) is 0 Å². The Bertz CT molecular complexity index is 106. The Labute approximate surface area is 78.8 Å². The van der Waals surface area contributed by atoms with E-state index >= 15 is 0 Å². The predicted molar refractivity (Wildman–Crippen MR) is 57.0 cm³/mol. The summed E-state index contributed by atoms with van der Waals surface area (Å²) in [6, 6.07) is 0. The highest BCUT2D eigenvalue weighted by Crippen LogP contribution is 2.34. The van der Waals surface area contributed by atoms with Crippen molar-refractivity contribution in [1.29, 1.82) is 0 Å². The summed E-state index contributed by atoms with van der Waals surface area (Å²) >= 11 is 0. The Kier molecular flexibility index (Phi) is 4.89. The van der Waals surface area contributed by atoms with E-state index in [2.05, 4.69) is 41.5 Å². The van der Waals surface area contributed by atoms with Crippen LogP contribution in [0, 0.1) is 24.2 Å². The molecule has 0 heteroatoms. The Hall–Kier alpha value is 0. The maximum Gasteiger partial charge on any atom is -0.0354 e. The van der Waals surface area contributed by atoms with Gasteiger partial charge in [-0.3, -0.25) is 0 Å². The first-order valence-corrected chi connectivity index (χ1v) is 5.21. The topological polar surface area (TPSA) is 0 Å². The van der Waals surface area contributed by atoms with Crippen molar-refractivity contribution in [2.45, 2.75) is 53.9 Å². The van der Waals surface area contributed by atoms with Crippen molar-refractivity contribution in [3.63, 3.8) is 0 Å². The summed E-state index contributed by atoms with van der Waals surface area (Å²) in [4.78, 5) is 0. The molecule has 0 aromatic carbocycles. The molecule has 12 heavy (non-hydrogen) atoms. The third-order valence-corrected chi connectivity index (χ3v) is 2.55. The van der Waals surface area contributed by atoms with Crippen LogP contribution in [0.2, 0.25) is 0 Å². The number of hydrogen-bond acceptors (Lipinski definition) is 0. The quantitative estimate of drug-likeness (QED) is 0.588. The highest BCUT2D eigenvalue weighted by Gasteiger charge is 2.23. The van der Waals surface area contributed by atoms with Crippen LogP contribution < -0.4 is 0 Å². The van der Waals surface area contributed by atoms with Crippen molar-refractivity contribution in [2.24, 2.45) is 17.3 Å². The number of rotatable bonds is 4. The molecular weight excluding hydrogens is 144 g/mol. The van der Waals surface area contributed by atoms with E-state index in [1.165, 1.54) is 19.3 Å². The predicted octanol–water partition coefficient (Wildman–Crippen LogP) is 4.31.